The van der Waals surface area contributed by atoms with Crippen LogP contribution in [0.25, 0.3) is 0 Å². The van der Waals surface area contributed by atoms with Crippen LogP contribution in [0.4, 0.5) is 5.69 Å². The molecule has 0 bridgehead atoms. The van der Waals surface area contributed by atoms with E-state index in [2.05, 4.69) is 10.6 Å². The van der Waals surface area contributed by atoms with Crippen molar-refractivity contribution in [2.24, 2.45) is 0 Å². The fourth-order valence-electron chi connectivity index (χ4n) is 3.00. The van der Waals surface area contributed by atoms with Crippen molar-refractivity contribution in [3.05, 3.63) is 65.7 Å². The maximum atomic E-state index is 12.6. The second-order valence-electron chi connectivity index (χ2n) is 6.82. The zero-order chi connectivity index (χ0) is 19.8. The molecule has 2 aromatic rings. The van der Waals surface area contributed by atoms with E-state index in [0.29, 0.717) is 17.8 Å². The molecule has 148 valence electrons. The molecule has 0 unspecified atom stereocenters. The maximum Gasteiger partial charge on any atom is 0.253 e. The van der Waals surface area contributed by atoms with Crippen molar-refractivity contribution in [2.45, 2.75) is 36.9 Å². The van der Waals surface area contributed by atoms with Gasteiger partial charge in [0.15, 0.2) is 0 Å². The Bertz CT molecular complexity index is 791. The summed E-state index contributed by atoms with van der Waals surface area (Å²) in [5.74, 6) is 0.454. The fourth-order valence-corrected chi connectivity index (χ4v) is 3.85. The Hall–Kier alpha value is -2.31. The highest BCUT2D eigenvalue weighted by molar-refractivity contribution is 7.99. The topological polar surface area (TPSA) is 67.4 Å². The number of thioether (sulfide) groups is 1. The SMILES string of the molecule is C[C@H](SCc1ccccc1)C(=O)Nc1ccccc1C(=O)NC[C@@H]1CCCO1. The van der Waals surface area contributed by atoms with Gasteiger partial charge in [-0.1, -0.05) is 42.5 Å². The van der Waals surface area contributed by atoms with Crippen LogP contribution in [0, 0.1) is 0 Å². The second kappa shape index (κ2) is 10.3. The van der Waals surface area contributed by atoms with Crippen LogP contribution in [-0.2, 0) is 15.3 Å². The number of carbonyl (C=O) groups excluding carboxylic acids is 2. The third-order valence-electron chi connectivity index (χ3n) is 4.66. The molecule has 0 saturated carbocycles. The highest BCUT2D eigenvalue weighted by atomic mass is 32.2. The molecule has 1 saturated heterocycles. The van der Waals surface area contributed by atoms with Gasteiger partial charge in [-0.25, -0.2) is 0 Å². The standard InChI is InChI=1S/C22H26N2O3S/c1-16(28-15-17-8-3-2-4-9-17)21(25)24-20-12-6-5-11-19(20)22(26)23-14-18-10-7-13-27-18/h2-6,8-9,11-12,16,18H,7,10,13-15H2,1H3,(H,23,26)(H,24,25)/t16-,18-/m0/s1. The van der Waals surface area contributed by atoms with Gasteiger partial charge in [-0.2, -0.15) is 0 Å². The van der Waals surface area contributed by atoms with Gasteiger partial charge in [0.1, 0.15) is 0 Å². The molecule has 0 aromatic heterocycles. The third-order valence-corrected chi connectivity index (χ3v) is 5.87. The van der Waals surface area contributed by atoms with Gasteiger partial charge in [0, 0.05) is 18.9 Å². The minimum absolute atomic E-state index is 0.0834. The maximum absolute atomic E-state index is 12.6. The molecular formula is C22H26N2O3S. The van der Waals surface area contributed by atoms with Crippen molar-refractivity contribution in [1.82, 2.24) is 5.32 Å². The molecule has 2 atom stereocenters. The summed E-state index contributed by atoms with van der Waals surface area (Å²) in [6, 6.07) is 17.1. The minimum atomic E-state index is -0.233. The van der Waals surface area contributed by atoms with Crippen LogP contribution in [0.15, 0.2) is 54.6 Å². The van der Waals surface area contributed by atoms with Crippen molar-refractivity contribution < 1.29 is 14.3 Å². The summed E-state index contributed by atoms with van der Waals surface area (Å²) in [7, 11) is 0. The van der Waals surface area contributed by atoms with Crippen molar-refractivity contribution in [3.8, 4) is 0 Å². The molecule has 1 aliphatic rings. The van der Waals surface area contributed by atoms with Crippen LogP contribution < -0.4 is 10.6 Å². The van der Waals surface area contributed by atoms with E-state index < -0.39 is 0 Å². The number of hydrogen-bond acceptors (Lipinski definition) is 4. The van der Waals surface area contributed by atoms with Gasteiger partial charge >= 0.3 is 0 Å². The molecule has 2 aromatic carbocycles. The lowest BCUT2D eigenvalue weighted by atomic mass is 10.1. The number of amides is 2. The first-order valence-electron chi connectivity index (χ1n) is 9.58. The third kappa shape index (κ3) is 5.84. The number of hydrogen-bond donors (Lipinski definition) is 2. The summed E-state index contributed by atoms with van der Waals surface area (Å²) < 4.78 is 5.54. The van der Waals surface area contributed by atoms with Crippen LogP contribution in [0.3, 0.4) is 0 Å². The summed E-state index contributed by atoms with van der Waals surface area (Å²) in [4.78, 5) is 25.2. The Morgan fingerprint density at radius 2 is 1.89 bits per heavy atom. The van der Waals surface area contributed by atoms with Crippen LogP contribution >= 0.6 is 11.8 Å². The molecule has 6 heteroatoms. The Morgan fingerprint density at radius 1 is 1.14 bits per heavy atom. The van der Waals surface area contributed by atoms with Gasteiger partial charge in [-0.3, -0.25) is 9.59 Å². The first kappa shape index (κ1) is 20.4. The lowest BCUT2D eigenvalue weighted by molar-refractivity contribution is -0.115. The fraction of sp³-hybridized carbons (Fsp3) is 0.364. The van der Waals surface area contributed by atoms with E-state index in [1.807, 2.05) is 43.3 Å². The predicted octanol–water partition coefficient (Wildman–Crippen LogP) is 3.86. The van der Waals surface area contributed by atoms with Gasteiger partial charge in [0.25, 0.3) is 5.91 Å². The van der Waals surface area contributed by atoms with E-state index in [9.17, 15) is 9.59 Å². The summed E-state index contributed by atoms with van der Waals surface area (Å²) in [6.45, 7) is 3.12. The average molecular weight is 399 g/mol. The van der Waals surface area contributed by atoms with Gasteiger partial charge in [0.05, 0.1) is 22.6 Å². The number of anilines is 1. The lowest BCUT2D eigenvalue weighted by Gasteiger charge is -2.16. The van der Waals surface area contributed by atoms with Crippen molar-refractivity contribution in [1.29, 1.82) is 0 Å². The van der Waals surface area contributed by atoms with E-state index in [1.54, 1.807) is 30.0 Å². The predicted molar refractivity (Wildman–Crippen MR) is 114 cm³/mol. The largest absolute Gasteiger partial charge is 0.376 e. The second-order valence-corrected chi connectivity index (χ2v) is 8.15. The number of ether oxygens (including phenoxy) is 1. The van der Waals surface area contributed by atoms with Crippen molar-refractivity contribution in [2.75, 3.05) is 18.5 Å². The molecule has 0 radical (unpaired) electrons. The summed E-state index contributed by atoms with van der Waals surface area (Å²) in [5.41, 5.74) is 2.18. The number of rotatable bonds is 8. The zero-order valence-corrected chi connectivity index (χ0v) is 16.8. The van der Waals surface area contributed by atoms with E-state index in [4.69, 9.17) is 4.74 Å². The lowest BCUT2D eigenvalue weighted by Crippen LogP contribution is -2.32. The first-order valence-corrected chi connectivity index (χ1v) is 10.6. The van der Waals surface area contributed by atoms with E-state index in [0.717, 1.165) is 25.2 Å². The molecule has 1 heterocycles. The normalized spacial score (nSPS) is 17.1. The van der Waals surface area contributed by atoms with Gasteiger partial charge in [-0.05, 0) is 37.5 Å². The first-order chi connectivity index (χ1) is 13.6. The average Bonchev–Trinajstić information content (AvgIpc) is 3.25. The Labute approximate surface area is 170 Å². The van der Waals surface area contributed by atoms with E-state index >= 15 is 0 Å². The van der Waals surface area contributed by atoms with E-state index in [1.165, 1.54) is 5.56 Å². The summed E-state index contributed by atoms with van der Waals surface area (Å²) in [5, 5.41) is 5.58. The highest BCUT2D eigenvalue weighted by Gasteiger charge is 2.20. The highest BCUT2D eigenvalue weighted by Crippen LogP contribution is 2.21. The molecule has 3 rings (SSSR count). The molecule has 2 amide bonds. The monoisotopic (exact) mass is 398 g/mol. The van der Waals surface area contributed by atoms with Crippen LogP contribution in [-0.4, -0.2) is 36.3 Å². The molecule has 28 heavy (non-hydrogen) atoms. The van der Waals surface area contributed by atoms with Crippen molar-refractivity contribution >= 4 is 29.3 Å². The Kier molecular flexibility index (Phi) is 7.51. The van der Waals surface area contributed by atoms with Crippen LogP contribution in [0.5, 0.6) is 0 Å². The molecule has 0 aliphatic carbocycles. The summed E-state index contributed by atoms with van der Waals surface area (Å²) >= 11 is 1.57. The van der Waals surface area contributed by atoms with Crippen molar-refractivity contribution in [3.63, 3.8) is 0 Å². The molecule has 1 fully saturated rings. The Balaban J connectivity index is 1.55. The minimum Gasteiger partial charge on any atom is -0.376 e. The molecule has 5 nitrogen and oxygen atoms in total. The van der Waals surface area contributed by atoms with Crippen LogP contribution in [0.2, 0.25) is 0 Å². The van der Waals surface area contributed by atoms with E-state index in [-0.39, 0.29) is 23.2 Å². The molecular weight excluding hydrogens is 372 g/mol. The van der Waals surface area contributed by atoms with Gasteiger partial charge in [-0.15, -0.1) is 11.8 Å². The zero-order valence-electron chi connectivity index (χ0n) is 16.0. The van der Waals surface area contributed by atoms with Crippen LogP contribution in [0.1, 0.15) is 35.7 Å². The number of nitrogens with one attached hydrogen (secondary N) is 2. The molecule has 0 spiro atoms. The Morgan fingerprint density at radius 3 is 2.64 bits per heavy atom. The smallest absolute Gasteiger partial charge is 0.253 e. The van der Waals surface area contributed by atoms with Gasteiger partial charge in [0.2, 0.25) is 5.91 Å². The number of benzene rings is 2. The summed E-state index contributed by atoms with van der Waals surface area (Å²) in [6.07, 6.45) is 2.08. The van der Waals surface area contributed by atoms with Gasteiger partial charge < -0.3 is 15.4 Å². The quantitative estimate of drug-likeness (QED) is 0.709. The number of carbonyl (C=O) groups is 2. The molecule has 1 aliphatic heterocycles. The molecule has 2 N–H and O–H groups in total. The number of para-hydroxylation sites is 1.